The molecule has 0 radical (unpaired) electrons. The van der Waals surface area contributed by atoms with Crippen LogP contribution in [0.1, 0.15) is 5.69 Å². The molecule has 0 bridgehead atoms. The summed E-state index contributed by atoms with van der Waals surface area (Å²) in [6.45, 7) is 2.00. The Morgan fingerprint density at radius 1 is 1.40 bits per heavy atom. The maximum absolute atomic E-state index is 4.46. The molecule has 0 aromatic carbocycles. The van der Waals surface area contributed by atoms with Crippen LogP contribution in [0, 0.1) is 6.92 Å². The van der Waals surface area contributed by atoms with Gasteiger partial charge in [0, 0.05) is 23.5 Å². The molecule has 0 fully saturated rings. The standard InChI is InChI=1S/C11H9N3S/c1-7-6-15-11(14-7)8-5-13-9-3-2-4-12-10(8)9/h2-6,13H,1H3. The van der Waals surface area contributed by atoms with Crippen molar-refractivity contribution in [3.63, 3.8) is 0 Å². The summed E-state index contributed by atoms with van der Waals surface area (Å²) in [5, 5.41) is 3.08. The predicted octanol–water partition coefficient (Wildman–Crippen LogP) is 2.99. The van der Waals surface area contributed by atoms with Crippen molar-refractivity contribution in [3.05, 3.63) is 35.6 Å². The van der Waals surface area contributed by atoms with E-state index in [-0.39, 0.29) is 0 Å². The second-order valence-corrected chi connectivity index (χ2v) is 4.25. The molecule has 0 spiro atoms. The number of hydrogen-bond acceptors (Lipinski definition) is 3. The van der Waals surface area contributed by atoms with Crippen molar-refractivity contribution in [2.75, 3.05) is 0 Å². The minimum Gasteiger partial charge on any atom is -0.359 e. The number of pyridine rings is 1. The number of fused-ring (bicyclic) bond motifs is 1. The average Bonchev–Trinajstić information content (AvgIpc) is 2.83. The van der Waals surface area contributed by atoms with Gasteiger partial charge in [0.25, 0.3) is 0 Å². The van der Waals surface area contributed by atoms with Crippen LogP contribution in [0.15, 0.2) is 29.9 Å². The van der Waals surface area contributed by atoms with E-state index in [1.165, 1.54) is 0 Å². The summed E-state index contributed by atoms with van der Waals surface area (Å²) >= 11 is 1.65. The van der Waals surface area contributed by atoms with Gasteiger partial charge in [-0.3, -0.25) is 4.98 Å². The first-order valence-corrected chi connectivity index (χ1v) is 5.57. The molecule has 15 heavy (non-hydrogen) atoms. The van der Waals surface area contributed by atoms with E-state index in [0.717, 1.165) is 27.3 Å². The zero-order valence-corrected chi connectivity index (χ0v) is 9.01. The molecule has 0 atom stereocenters. The molecule has 3 heterocycles. The Labute approximate surface area is 90.8 Å². The smallest absolute Gasteiger partial charge is 0.127 e. The lowest BCUT2D eigenvalue weighted by Gasteiger charge is -1.91. The van der Waals surface area contributed by atoms with Crippen molar-refractivity contribution in [3.8, 4) is 10.6 Å². The highest BCUT2D eigenvalue weighted by atomic mass is 32.1. The molecular weight excluding hydrogens is 206 g/mol. The summed E-state index contributed by atoms with van der Waals surface area (Å²) in [5.74, 6) is 0. The van der Waals surface area contributed by atoms with E-state index < -0.39 is 0 Å². The maximum Gasteiger partial charge on any atom is 0.127 e. The number of nitrogens with one attached hydrogen (secondary N) is 1. The average molecular weight is 215 g/mol. The first-order valence-electron chi connectivity index (χ1n) is 4.69. The monoisotopic (exact) mass is 215 g/mol. The Kier molecular flexibility index (Phi) is 1.82. The van der Waals surface area contributed by atoms with Gasteiger partial charge in [-0.25, -0.2) is 4.98 Å². The molecule has 0 saturated heterocycles. The van der Waals surface area contributed by atoms with Crippen molar-refractivity contribution >= 4 is 22.4 Å². The molecule has 3 rings (SSSR count). The highest BCUT2D eigenvalue weighted by Crippen LogP contribution is 2.29. The highest BCUT2D eigenvalue weighted by molar-refractivity contribution is 7.13. The molecule has 0 aliphatic carbocycles. The molecule has 0 aliphatic heterocycles. The molecule has 0 amide bonds. The number of H-pyrrole nitrogens is 1. The third-order valence-corrected chi connectivity index (χ3v) is 3.28. The molecule has 0 aliphatic rings. The quantitative estimate of drug-likeness (QED) is 0.678. The van der Waals surface area contributed by atoms with Crippen molar-refractivity contribution in [2.45, 2.75) is 6.92 Å². The van der Waals surface area contributed by atoms with Gasteiger partial charge in [0.1, 0.15) is 5.01 Å². The predicted molar refractivity (Wildman–Crippen MR) is 61.9 cm³/mol. The van der Waals surface area contributed by atoms with Crippen LogP contribution in [0.4, 0.5) is 0 Å². The van der Waals surface area contributed by atoms with Crippen molar-refractivity contribution in [1.82, 2.24) is 15.0 Å². The van der Waals surface area contributed by atoms with Gasteiger partial charge in [-0.15, -0.1) is 11.3 Å². The molecule has 1 N–H and O–H groups in total. The zero-order chi connectivity index (χ0) is 10.3. The lowest BCUT2D eigenvalue weighted by atomic mass is 10.3. The van der Waals surface area contributed by atoms with Gasteiger partial charge >= 0.3 is 0 Å². The van der Waals surface area contributed by atoms with Gasteiger partial charge in [-0.05, 0) is 19.1 Å². The second kappa shape index (κ2) is 3.17. The van der Waals surface area contributed by atoms with Gasteiger partial charge in [0.15, 0.2) is 0 Å². The molecule has 3 aromatic rings. The van der Waals surface area contributed by atoms with Gasteiger partial charge in [0.05, 0.1) is 16.6 Å². The summed E-state index contributed by atoms with van der Waals surface area (Å²) < 4.78 is 0. The Balaban J connectivity index is 2.27. The molecule has 0 unspecified atom stereocenters. The van der Waals surface area contributed by atoms with Crippen LogP contribution < -0.4 is 0 Å². The number of hydrogen-bond donors (Lipinski definition) is 1. The van der Waals surface area contributed by atoms with Crippen LogP contribution in [0.25, 0.3) is 21.6 Å². The first-order chi connectivity index (χ1) is 7.34. The number of aryl methyl sites for hydroxylation is 1. The highest BCUT2D eigenvalue weighted by Gasteiger charge is 2.09. The van der Waals surface area contributed by atoms with Crippen LogP contribution in [0.5, 0.6) is 0 Å². The van der Waals surface area contributed by atoms with E-state index >= 15 is 0 Å². The van der Waals surface area contributed by atoms with E-state index in [0.29, 0.717) is 0 Å². The summed E-state index contributed by atoms with van der Waals surface area (Å²) in [7, 11) is 0. The summed E-state index contributed by atoms with van der Waals surface area (Å²) in [5.41, 5.74) is 4.19. The lowest BCUT2D eigenvalue weighted by molar-refractivity contribution is 1.27. The van der Waals surface area contributed by atoms with Crippen LogP contribution in [-0.2, 0) is 0 Å². The fraction of sp³-hybridized carbons (Fsp3) is 0.0909. The largest absolute Gasteiger partial charge is 0.359 e. The molecule has 74 valence electrons. The lowest BCUT2D eigenvalue weighted by Crippen LogP contribution is -1.77. The van der Waals surface area contributed by atoms with Crippen LogP contribution in [0.2, 0.25) is 0 Å². The molecular formula is C11H9N3S. The van der Waals surface area contributed by atoms with E-state index in [4.69, 9.17) is 0 Å². The van der Waals surface area contributed by atoms with Gasteiger partial charge in [0.2, 0.25) is 0 Å². The minimum absolute atomic E-state index is 0.992. The van der Waals surface area contributed by atoms with Gasteiger partial charge in [-0.1, -0.05) is 0 Å². The first kappa shape index (κ1) is 8.61. The summed E-state index contributed by atoms with van der Waals surface area (Å²) in [4.78, 5) is 12.0. The fourth-order valence-corrected chi connectivity index (χ4v) is 2.41. The Bertz CT molecular complexity index is 609. The topological polar surface area (TPSA) is 41.6 Å². The fourth-order valence-electron chi connectivity index (χ4n) is 1.60. The van der Waals surface area contributed by atoms with Crippen molar-refractivity contribution in [2.24, 2.45) is 0 Å². The molecule has 3 aromatic heterocycles. The summed E-state index contributed by atoms with van der Waals surface area (Å²) in [6, 6.07) is 3.95. The molecule has 3 nitrogen and oxygen atoms in total. The Morgan fingerprint density at radius 3 is 3.13 bits per heavy atom. The van der Waals surface area contributed by atoms with Crippen LogP contribution in [-0.4, -0.2) is 15.0 Å². The SMILES string of the molecule is Cc1csc(-c2c[nH]c3cccnc23)n1. The van der Waals surface area contributed by atoms with E-state index in [9.17, 15) is 0 Å². The van der Waals surface area contributed by atoms with E-state index in [2.05, 4.69) is 20.3 Å². The van der Waals surface area contributed by atoms with Crippen molar-refractivity contribution in [1.29, 1.82) is 0 Å². The minimum atomic E-state index is 0.992. The Hall–Kier alpha value is -1.68. The number of rotatable bonds is 1. The van der Waals surface area contributed by atoms with Crippen LogP contribution in [0.3, 0.4) is 0 Å². The van der Waals surface area contributed by atoms with Gasteiger partial charge < -0.3 is 4.98 Å². The Morgan fingerprint density at radius 2 is 2.33 bits per heavy atom. The number of aromatic nitrogens is 3. The van der Waals surface area contributed by atoms with E-state index in [1.54, 1.807) is 17.5 Å². The molecule has 0 saturated carbocycles. The maximum atomic E-state index is 4.46. The number of thiazole rings is 1. The third kappa shape index (κ3) is 1.34. The van der Waals surface area contributed by atoms with Gasteiger partial charge in [-0.2, -0.15) is 0 Å². The zero-order valence-electron chi connectivity index (χ0n) is 8.19. The molecule has 4 heteroatoms. The van der Waals surface area contributed by atoms with Crippen molar-refractivity contribution < 1.29 is 0 Å². The second-order valence-electron chi connectivity index (χ2n) is 3.40. The van der Waals surface area contributed by atoms with E-state index in [1.807, 2.05) is 25.3 Å². The number of aromatic amines is 1. The third-order valence-electron chi connectivity index (χ3n) is 2.28. The normalized spacial score (nSPS) is 11.0. The number of nitrogens with zero attached hydrogens (tertiary/aromatic N) is 2. The van der Waals surface area contributed by atoms with Crippen LogP contribution >= 0.6 is 11.3 Å². The summed E-state index contributed by atoms with van der Waals surface area (Å²) in [6.07, 6.45) is 3.77.